The lowest BCUT2D eigenvalue weighted by Crippen LogP contribution is -2.34. The third kappa shape index (κ3) is 5.46. The molecule has 2 bridgehead atoms. The molecule has 0 radical (unpaired) electrons. The molecule has 7 heterocycles. The summed E-state index contributed by atoms with van der Waals surface area (Å²) >= 11 is 10.5. The van der Waals surface area contributed by atoms with Crippen LogP contribution in [0, 0.1) is 0 Å². The molecule has 7 rings (SSSR count). The number of pyridine rings is 1. The van der Waals surface area contributed by atoms with E-state index in [0.717, 1.165) is 0 Å². The van der Waals surface area contributed by atoms with E-state index in [-0.39, 0.29) is 35.8 Å². The molecular formula is C21H24FN9O9P2S2. The largest absolute Gasteiger partial charge is 0.397 e. The predicted molar refractivity (Wildman–Crippen MR) is 156 cm³/mol. The molecule has 236 valence electrons. The van der Waals surface area contributed by atoms with Crippen molar-refractivity contribution < 1.29 is 41.7 Å². The summed E-state index contributed by atoms with van der Waals surface area (Å²) in [7, 11) is 0. The molecule has 3 aliphatic rings. The first-order valence-electron chi connectivity index (χ1n) is 12.9. The summed E-state index contributed by atoms with van der Waals surface area (Å²) in [6.07, 6.45) is -4.75. The van der Waals surface area contributed by atoms with Crippen LogP contribution in [0.25, 0.3) is 22.3 Å². The summed E-state index contributed by atoms with van der Waals surface area (Å²) in [6, 6.07) is 1.55. The van der Waals surface area contributed by atoms with Gasteiger partial charge in [-0.25, -0.2) is 19.3 Å². The maximum absolute atomic E-state index is 16.0. The number of aromatic amines is 1. The Hall–Kier alpha value is -2.52. The van der Waals surface area contributed by atoms with Gasteiger partial charge in [-0.1, -0.05) is 0 Å². The Labute approximate surface area is 255 Å². The summed E-state index contributed by atoms with van der Waals surface area (Å²) in [4.78, 5) is 53.3. The number of alkyl halides is 1. The minimum atomic E-state index is -4.11. The number of nitrogens with zero attached hydrogens (tertiary/aromatic N) is 6. The van der Waals surface area contributed by atoms with E-state index >= 15 is 4.39 Å². The molecule has 9 atom stereocenters. The number of ether oxygens (including phenoxy) is 2. The number of nitrogens with one attached hydrogen (secondary N) is 1. The minimum Gasteiger partial charge on any atom is -0.397 e. The van der Waals surface area contributed by atoms with Crippen LogP contribution in [0.15, 0.2) is 29.7 Å². The lowest BCUT2D eigenvalue weighted by Gasteiger charge is -2.27. The lowest BCUT2D eigenvalue weighted by atomic mass is 10.1. The number of halogens is 1. The van der Waals surface area contributed by atoms with E-state index < -0.39 is 68.6 Å². The summed E-state index contributed by atoms with van der Waals surface area (Å²) in [5.74, 6) is -0.158. The first-order chi connectivity index (χ1) is 20.9. The second-order valence-corrected chi connectivity index (χ2v) is 15.7. The van der Waals surface area contributed by atoms with Crippen molar-refractivity contribution in [3.8, 4) is 0 Å². The smallest absolute Gasteiger partial charge is 0.325 e. The molecule has 0 aliphatic carbocycles. The highest BCUT2D eigenvalue weighted by Crippen LogP contribution is 2.54. The maximum atomic E-state index is 16.0. The lowest BCUT2D eigenvalue weighted by molar-refractivity contribution is -0.0597. The van der Waals surface area contributed by atoms with Gasteiger partial charge >= 0.3 is 13.4 Å². The van der Waals surface area contributed by atoms with Gasteiger partial charge in [-0.3, -0.25) is 23.4 Å². The van der Waals surface area contributed by atoms with Crippen molar-refractivity contribution in [3.05, 3.63) is 35.3 Å². The predicted octanol–water partition coefficient (Wildman–Crippen LogP) is 0.503. The Morgan fingerprint density at radius 2 is 1.66 bits per heavy atom. The molecule has 4 aromatic rings. The number of hydrogen-bond donors (Lipinski definition) is 5. The molecular weight excluding hydrogens is 667 g/mol. The average molecular weight is 692 g/mol. The van der Waals surface area contributed by atoms with E-state index in [2.05, 4.69) is 24.9 Å². The van der Waals surface area contributed by atoms with Crippen molar-refractivity contribution in [3.63, 3.8) is 0 Å². The number of rotatable bonds is 2. The summed E-state index contributed by atoms with van der Waals surface area (Å²) < 4.78 is 53.4. The number of aromatic nitrogens is 7. The highest BCUT2D eigenvalue weighted by Gasteiger charge is 2.51. The van der Waals surface area contributed by atoms with Gasteiger partial charge in [0.15, 0.2) is 35.4 Å². The quantitative estimate of drug-likeness (QED) is 0.180. The maximum Gasteiger partial charge on any atom is 0.325 e. The van der Waals surface area contributed by atoms with Gasteiger partial charge in [-0.05, 0) is 29.7 Å². The van der Waals surface area contributed by atoms with E-state index in [1.807, 2.05) is 0 Å². The Kier molecular flexibility index (Phi) is 7.59. The van der Waals surface area contributed by atoms with E-state index in [9.17, 15) is 14.6 Å². The fourth-order valence-corrected chi connectivity index (χ4v) is 8.24. The van der Waals surface area contributed by atoms with Crippen LogP contribution in [0.1, 0.15) is 18.9 Å². The van der Waals surface area contributed by atoms with Crippen LogP contribution in [-0.2, 0) is 51.2 Å². The number of hydrogen-bond acceptors (Lipinski definition) is 15. The van der Waals surface area contributed by atoms with E-state index in [0.29, 0.717) is 11.2 Å². The van der Waals surface area contributed by atoms with Crippen molar-refractivity contribution in [2.45, 2.75) is 49.5 Å². The molecule has 0 saturated carbocycles. The van der Waals surface area contributed by atoms with Crippen molar-refractivity contribution in [2.75, 3.05) is 24.7 Å². The zero-order chi connectivity index (χ0) is 31.0. The Bertz CT molecular complexity index is 1910. The highest BCUT2D eigenvalue weighted by molar-refractivity contribution is 8.07. The van der Waals surface area contributed by atoms with Gasteiger partial charge in [0, 0.05) is 12.6 Å². The SMILES string of the molecule is Nc1nc2c(ncn2[C@@H]2O[C@@H]3COP(O)(=S)O[C@@H]4[C@H](F)[C@H](n5cnc6c(N)ccnc65)O[C@@H]4COP(O)(=S)O[C@@H]2C3)c(=O)[nH]1. The third-order valence-corrected chi connectivity index (χ3v) is 10.4. The second-order valence-electron chi connectivity index (χ2n) is 10.1. The molecule has 23 heteroatoms. The zero-order valence-electron chi connectivity index (χ0n) is 22.2. The van der Waals surface area contributed by atoms with Gasteiger partial charge in [-0.15, -0.1) is 0 Å². The standard InChI is InChI=1S/C21H24FN9O9P2S2/c22-12-15-11(38-20(12)30-6-26-13-9(23)1-2-25-16(13)30)5-36-41(33,43)39-10-3-8(4-35-42(34,44)40-15)37-19(10)31-7-27-14-17(31)28-21(24)29-18(14)32/h1-2,6-8,10-12,15,19-20H,3-5H2,(H2,23,25)(H,33,43)(H,34,44)(H3,24,28,29,32)/t8-,10+,11+,12-,15-,19+,20+,41?,42?/m0/s1. The Morgan fingerprint density at radius 1 is 0.955 bits per heavy atom. The molecule has 3 fully saturated rings. The van der Waals surface area contributed by atoms with Crippen LogP contribution < -0.4 is 17.0 Å². The minimum absolute atomic E-state index is 0.0158. The number of anilines is 2. The van der Waals surface area contributed by atoms with Gasteiger partial charge in [0.1, 0.15) is 23.8 Å². The fourth-order valence-electron chi connectivity index (χ4n) is 5.34. The summed E-state index contributed by atoms with van der Waals surface area (Å²) in [6.45, 7) is -9.00. The first-order valence-corrected chi connectivity index (χ1v) is 18.1. The third-order valence-electron chi connectivity index (χ3n) is 7.25. The van der Waals surface area contributed by atoms with Crippen LogP contribution in [-0.4, -0.2) is 87.6 Å². The fraction of sp³-hybridized carbons (Fsp3) is 0.476. The van der Waals surface area contributed by atoms with Crippen molar-refractivity contribution >= 4 is 71.0 Å². The second kappa shape index (κ2) is 11.1. The molecule has 7 N–H and O–H groups in total. The van der Waals surface area contributed by atoms with Crippen LogP contribution in [0.4, 0.5) is 16.0 Å². The van der Waals surface area contributed by atoms with Gasteiger partial charge in [0.25, 0.3) is 5.56 Å². The van der Waals surface area contributed by atoms with E-state index in [1.165, 1.54) is 28.0 Å². The van der Waals surface area contributed by atoms with Crippen LogP contribution in [0.3, 0.4) is 0 Å². The van der Waals surface area contributed by atoms with Gasteiger partial charge in [0.05, 0.1) is 37.7 Å². The first kappa shape index (κ1) is 30.2. The van der Waals surface area contributed by atoms with Gasteiger partial charge < -0.3 is 44.3 Å². The van der Waals surface area contributed by atoms with Gasteiger partial charge in [-0.2, -0.15) is 4.98 Å². The number of imidazole rings is 2. The molecule has 0 aromatic carbocycles. The molecule has 0 spiro atoms. The Balaban J connectivity index is 1.19. The topological polar surface area (TPSA) is 242 Å². The monoisotopic (exact) mass is 691 g/mol. The molecule has 3 aliphatic heterocycles. The van der Waals surface area contributed by atoms with Crippen molar-refractivity contribution in [1.29, 1.82) is 0 Å². The van der Waals surface area contributed by atoms with Crippen LogP contribution >= 0.6 is 13.4 Å². The molecule has 4 aromatic heterocycles. The van der Waals surface area contributed by atoms with Gasteiger partial charge in [0.2, 0.25) is 5.95 Å². The molecule has 44 heavy (non-hydrogen) atoms. The van der Waals surface area contributed by atoms with E-state index in [4.69, 9.17) is 62.6 Å². The van der Waals surface area contributed by atoms with Crippen molar-refractivity contribution in [1.82, 2.24) is 34.1 Å². The molecule has 2 unspecified atom stereocenters. The summed E-state index contributed by atoms with van der Waals surface area (Å²) in [5.41, 5.74) is 12.1. The average Bonchev–Trinajstić information content (AvgIpc) is 3.72. The summed E-state index contributed by atoms with van der Waals surface area (Å²) in [5, 5.41) is 0. The van der Waals surface area contributed by atoms with Crippen LogP contribution in [0.2, 0.25) is 0 Å². The molecule has 3 saturated heterocycles. The Morgan fingerprint density at radius 3 is 2.45 bits per heavy atom. The normalized spacial score (nSPS) is 36.6. The van der Waals surface area contributed by atoms with Crippen molar-refractivity contribution in [2.24, 2.45) is 0 Å². The number of H-pyrrole nitrogens is 1. The van der Waals surface area contributed by atoms with Crippen LogP contribution in [0.5, 0.6) is 0 Å². The molecule has 0 amide bonds. The molecule has 18 nitrogen and oxygen atoms in total. The van der Waals surface area contributed by atoms with E-state index in [1.54, 1.807) is 6.07 Å². The number of nitrogens with two attached hydrogens (primary N) is 2. The number of nitrogen functional groups attached to an aromatic ring is 2. The number of fused-ring (bicyclic) bond motifs is 5. The zero-order valence-corrected chi connectivity index (χ0v) is 25.6. The highest BCUT2D eigenvalue weighted by atomic mass is 32.5.